The molecular formula is C14H14O2. The van der Waals surface area contributed by atoms with E-state index in [9.17, 15) is 9.59 Å². The second kappa shape index (κ2) is 3.71. The molecule has 16 heavy (non-hydrogen) atoms. The number of ketones is 2. The Hall–Kier alpha value is -1.70. The Kier molecular flexibility index (Phi) is 2.50. The highest BCUT2D eigenvalue weighted by Crippen LogP contribution is 2.25. The van der Waals surface area contributed by atoms with E-state index in [4.69, 9.17) is 0 Å². The van der Waals surface area contributed by atoms with E-state index < -0.39 is 0 Å². The zero-order valence-electron chi connectivity index (χ0n) is 9.76. The molecule has 0 aromatic heterocycles. The summed E-state index contributed by atoms with van der Waals surface area (Å²) in [6.07, 6.45) is 2.08. The molecule has 1 aliphatic rings. The predicted molar refractivity (Wildman–Crippen MR) is 63.0 cm³/mol. The Labute approximate surface area is 95.0 Å². The van der Waals surface area contributed by atoms with Gasteiger partial charge in [0.2, 0.25) is 0 Å². The van der Waals surface area contributed by atoms with Crippen molar-refractivity contribution < 1.29 is 9.59 Å². The van der Waals surface area contributed by atoms with Gasteiger partial charge in [-0.3, -0.25) is 9.59 Å². The standard InChI is InChI=1S/C14H14O2/c1-4-10-7-13(15)11-5-8(2)9(3)6-12(11)14(10)16/h5-7H,4H2,1-3H3. The van der Waals surface area contributed by atoms with Gasteiger partial charge >= 0.3 is 0 Å². The van der Waals surface area contributed by atoms with Crippen molar-refractivity contribution in [2.75, 3.05) is 0 Å². The molecule has 0 bridgehead atoms. The van der Waals surface area contributed by atoms with Crippen LogP contribution in [0, 0.1) is 13.8 Å². The van der Waals surface area contributed by atoms with Crippen LogP contribution in [0.3, 0.4) is 0 Å². The fourth-order valence-corrected chi connectivity index (χ4v) is 1.95. The number of hydrogen-bond acceptors (Lipinski definition) is 2. The van der Waals surface area contributed by atoms with Gasteiger partial charge in [0.05, 0.1) is 0 Å². The Morgan fingerprint density at radius 2 is 1.56 bits per heavy atom. The van der Waals surface area contributed by atoms with Crippen LogP contribution >= 0.6 is 0 Å². The van der Waals surface area contributed by atoms with E-state index in [0.29, 0.717) is 23.1 Å². The first-order valence-electron chi connectivity index (χ1n) is 5.45. The van der Waals surface area contributed by atoms with E-state index in [0.717, 1.165) is 11.1 Å². The summed E-state index contributed by atoms with van der Waals surface area (Å²) in [5.41, 5.74) is 3.82. The first-order chi connectivity index (χ1) is 7.54. The van der Waals surface area contributed by atoms with Crippen molar-refractivity contribution in [3.63, 3.8) is 0 Å². The molecule has 0 heterocycles. The molecular weight excluding hydrogens is 200 g/mol. The summed E-state index contributed by atoms with van der Waals surface area (Å²) in [5.74, 6) is -0.0465. The maximum Gasteiger partial charge on any atom is 0.189 e. The van der Waals surface area contributed by atoms with Crippen molar-refractivity contribution >= 4 is 11.6 Å². The molecule has 1 aromatic rings. The maximum absolute atomic E-state index is 12.0. The van der Waals surface area contributed by atoms with Crippen molar-refractivity contribution in [1.82, 2.24) is 0 Å². The molecule has 2 nitrogen and oxygen atoms in total. The molecule has 0 unspecified atom stereocenters. The van der Waals surface area contributed by atoms with Crippen LogP contribution in [0.4, 0.5) is 0 Å². The molecule has 0 spiro atoms. The van der Waals surface area contributed by atoms with Gasteiger partial charge in [-0.2, -0.15) is 0 Å². The number of aryl methyl sites for hydroxylation is 2. The number of hydrogen-bond donors (Lipinski definition) is 0. The third kappa shape index (κ3) is 1.51. The Balaban J connectivity index is 2.66. The molecule has 82 valence electrons. The third-order valence-electron chi connectivity index (χ3n) is 3.12. The van der Waals surface area contributed by atoms with E-state index in [1.54, 1.807) is 0 Å². The van der Waals surface area contributed by atoms with Gasteiger partial charge < -0.3 is 0 Å². The van der Waals surface area contributed by atoms with Crippen molar-refractivity contribution in [3.05, 3.63) is 46.0 Å². The molecule has 0 N–H and O–H groups in total. The van der Waals surface area contributed by atoms with Crippen LogP contribution < -0.4 is 0 Å². The zero-order valence-corrected chi connectivity index (χ0v) is 9.76. The number of allylic oxidation sites excluding steroid dienone is 2. The van der Waals surface area contributed by atoms with E-state index >= 15 is 0 Å². The first kappa shape index (κ1) is 10.8. The van der Waals surface area contributed by atoms with Crippen LogP contribution in [0.25, 0.3) is 0 Å². The highest BCUT2D eigenvalue weighted by Gasteiger charge is 2.24. The molecule has 2 heteroatoms. The van der Waals surface area contributed by atoms with Crippen molar-refractivity contribution in [1.29, 1.82) is 0 Å². The van der Waals surface area contributed by atoms with Crippen LogP contribution in [0.5, 0.6) is 0 Å². The quantitative estimate of drug-likeness (QED) is 0.720. The molecule has 0 atom stereocenters. The highest BCUT2D eigenvalue weighted by atomic mass is 16.1. The molecule has 0 fully saturated rings. The molecule has 0 saturated heterocycles. The largest absolute Gasteiger partial charge is 0.289 e. The smallest absolute Gasteiger partial charge is 0.189 e. The fourth-order valence-electron chi connectivity index (χ4n) is 1.95. The van der Waals surface area contributed by atoms with E-state index in [1.165, 1.54) is 6.08 Å². The summed E-state index contributed by atoms with van der Waals surface area (Å²) in [6, 6.07) is 3.64. The minimum Gasteiger partial charge on any atom is -0.289 e. The first-order valence-corrected chi connectivity index (χ1v) is 5.45. The lowest BCUT2D eigenvalue weighted by atomic mass is 9.86. The number of carbonyl (C=O) groups is 2. The summed E-state index contributed by atoms with van der Waals surface area (Å²) < 4.78 is 0. The molecule has 1 aliphatic carbocycles. The Morgan fingerprint density at radius 1 is 1.00 bits per heavy atom. The van der Waals surface area contributed by atoms with Crippen molar-refractivity contribution in [2.45, 2.75) is 27.2 Å². The van der Waals surface area contributed by atoms with Crippen LogP contribution in [-0.2, 0) is 0 Å². The van der Waals surface area contributed by atoms with Crippen LogP contribution in [0.15, 0.2) is 23.8 Å². The lowest BCUT2D eigenvalue weighted by Gasteiger charge is -2.15. The molecule has 2 rings (SSSR count). The van der Waals surface area contributed by atoms with Crippen LogP contribution in [0.1, 0.15) is 45.2 Å². The monoisotopic (exact) mass is 214 g/mol. The lowest BCUT2D eigenvalue weighted by molar-refractivity contribution is 0.0982. The lowest BCUT2D eigenvalue weighted by Crippen LogP contribution is -2.17. The number of fused-ring (bicyclic) bond motifs is 1. The van der Waals surface area contributed by atoms with Gasteiger partial charge in [0.1, 0.15) is 0 Å². The molecule has 0 saturated carbocycles. The topological polar surface area (TPSA) is 34.1 Å². The third-order valence-corrected chi connectivity index (χ3v) is 3.12. The second-order valence-corrected chi connectivity index (χ2v) is 4.20. The van der Waals surface area contributed by atoms with Crippen molar-refractivity contribution in [2.24, 2.45) is 0 Å². The van der Waals surface area contributed by atoms with Crippen molar-refractivity contribution in [3.8, 4) is 0 Å². The number of carbonyl (C=O) groups excluding carboxylic acids is 2. The molecule has 0 amide bonds. The van der Waals surface area contributed by atoms with Gasteiger partial charge in [0.25, 0.3) is 0 Å². The summed E-state index contributed by atoms with van der Waals surface area (Å²) in [4.78, 5) is 23.9. The Bertz CT molecular complexity index is 522. The molecule has 1 aromatic carbocycles. The summed E-state index contributed by atoms with van der Waals surface area (Å²) in [6.45, 7) is 5.80. The number of benzene rings is 1. The SMILES string of the molecule is CCC1=CC(=O)c2cc(C)c(C)cc2C1=O. The fraction of sp³-hybridized carbons (Fsp3) is 0.286. The zero-order chi connectivity index (χ0) is 11.9. The van der Waals surface area contributed by atoms with Gasteiger partial charge in [-0.15, -0.1) is 0 Å². The van der Waals surface area contributed by atoms with Gasteiger partial charge in [-0.25, -0.2) is 0 Å². The van der Waals surface area contributed by atoms with E-state index in [1.807, 2.05) is 32.9 Å². The highest BCUT2D eigenvalue weighted by molar-refractivity contribution is 6.24. The Morgan fingerprint density at radius 3 is 2.12 bits per heavy atom. The maximum atomic E-state index is 12.0. The average Bonchev–Trinajstić information content (AvgIpc) is 2.26. The second-order valence-electron chi connectivity index (χ2n) is 4.20. The normalized spacial score (nSPS) is 14.8. The van der Waals surface area contributed by atoms with E-state index in [2.05, 4.69) is 0 Å². The molecule has 0 radical (unpaired) electrons. The number of rotatable bonds is 1. The van der Waals surface area contributed by atoms with E-state index in [-0.39, 0.29) is 11.6 Å². The van der Waals surface area contributed by atoms with Crippen LogP contribution in [-0.4, -0.2) is 11.6 Å². The van der Waals surface area contributed by atoms with Gasteiger partial charge in [-0.05, 0) is 49.6 Å². The summed E-state index contributed by atoms with van der Waals surface area (Å²) in [5, 5.41) is 0. The summed E-state index contributed by atoms with van der Waals surface area (Å²) in [7, 11) is 0. The predicted octanol–water partition coefficient (Wildman–Crippen LogP) is 3.02. The molecule has 0 aliphatic heterocycles. The number of Topliss-reactive ketones (excluding diaryl/α,β-unsaturated/α-hetero) is 1. The van der Waals surface area contributed by atoms with Gasteiger partial charge in [0, 0.05) is 16.7 Å². The van der Waals surface area contributed by atoms with Gasteiger partial charge in [0.15, 0.2) is 11.6 Å². The summed E-state index contributed by atoms with van der Waals surface area (Å²) >= 11 is 0. The average molecular weight is 214 g/mol. The van der Waals surface area contributed by atoms with Gasteiger partial charge in [-0.1, -0.05) is 6.92 Å². The van der Waals surface area contributed by atoms with Crippen LogP contribution in [0.2, 0.25) is 0 Å². The minimum absolute atomic E-state index is 0.000185. The minimum atomic E-state index is -0.0467.